The molecule has 0 atom stereocenters. The summed E-state index contributed by atoms with van der Waals surface area (Å²) < 4.78 is 24.1. The molecule has 0 spiro atoms. The fourth-order valence-corrected chi connectivity index (χ4v) is 1.97. The van der Waals surface area contributed by atoms with Crippen LogP contribution in [0.4, 0.5) is 4.39 Å². The number of hydrogen-bond acceptors (Lipinski definition) is 4. The molecule has 0 bridgehead atoms. The van der Waals surface area contributed by atoms with Crippen LogP contribution in [0.1, 0.15) is 29.8 Å². The lowest BCUT2D eigenvalue weighted by Gasteiger charge is -2.27. The van der Waals surface area contributed by atoms with Gasteiger partial charge in [-0.3, -0.25) is 0 Å². The number of hydrogen-bond donors (Lipinski definition) is 1. The Hall–Kier alpha value is -2.37. The minimum absolute atomic E-state index is 0.126. The number of aromatic nitrogens is 1. The monoisotopic (exact) mass is 277 g/mol. The molecule has 0 amide bonds. The van der Waals surface area contributed by atoms with Gasteiger partial charge < -0.3 is 14.4 Å². The van der Waals surface area contributed by atoms with Crippen LogP contribution in [0.2, 0.25) is 0 Å². The third-order valence-corrected chi connectivity index (χ3v) is 3.28. The molecular formula is C14H12FNO4. The number of aromatic carboxylic acids is 1. The van der Waals surface area contributed by atoms with Crippen molar-refractivity contribution in [2.75, 3.05) is 0 Å². The maximum atomic E-state index is 13.4. The van der Waals surface area contributed by atoms with Crippen molar-refractivity contribution in [2.24, 2.45) is 0 Å². The van der Waals surface area contributed by atoms with E-state index in [4.69, 9.17) is 14.4 Å². The Kier molecular flexibility index (Phi) is 3.14. The molecule has 0 unspecified atom stereocenters. The van der Waals surface area contributed by atoms with Crippen LogP contribution < -0.4 is 4.74 Å². The van der Waals surface area contributed by atoms with Crippen LogP contribution in [0.5, 0.6) is 5.75 Å². The van der Waals surface area contributed by atoms with Gasteiger partial charge in [0.1, 0.15) is 11.6 Å². The number of nitrogens with zero attached hydrogens (tertiary/aromatic N) is 1. The fraction of sp³-hybridized carbons (Fsp3) is 0.286. The molecule has 1 aliphatic carbocycles. The number of rotatable bonds is 4. The molecule has 2 aromatic rings. The largest absolute Gasteiger partial charge is 0.490 e. The molecule has 20 heavy (non-hydrogen) atoms. The lowest BCUT2D eigenvalue weighted by atomic mass is 9.96. The van der Waals surface area contributed by atoms with E-state index in [9.17, 15) is 9.18 Å². The SMILES string of the molecule is O=C(O)c1cc(-c2cc(F)ccc2OC2CCC2)on1. The van der Waals surface area contributed by atoms with E-state index in [1.165, 1.54) is 24.3 Å². The second-order valence-electron chi connectivity index (χ2n) is 4.69. The van der Waals surface area contributed by atoms with E-state index in [0.717, 1.165) is 19.3 Å². The average molecular weight is 277 g/mol. The minimum Gasteiger partial charge on any atom is -0.490 e. The van der Waals surface area contributed by atoms with Crippen LogP contribution in [0.15, 0.2) is 28.8 Å². The van der Waals surface area contributed by atoms with Crippen molar-refractivity contribution in [1.29, 1.82) is 0 Å². The predicted molar refractivity (Wildman–Crippen MR) is 67.1 cm³/mol. The molecule has 1 aliphatic rings. The van der Waals surface area contributed by atoms with Gasteiger partial charge in [-0.1, -0.05) is 5.16 Å². The Bertz CT molecular complexity index is 648. The third-order valence-electron chi connectivity index (χ3n) is 3.28. The summed E-state index contributed by atoms with van der Waals surface area (Å²) in [5, 5.41) is 12.3. The molecule has 0 radical (unpaired) electrons. The van der Waals surface area contributed by atoms with E-state index < -0.39 is 11.8 Å². The van der Waals surface area contributed by atoms with Gasteiger partial charge >= 0.3 is 5.97 Å². The molecule has 1 aromatic carbocycles. The quantitative estimate of drug-likeness (QED) is 0.929. The second kappa shape index (κ2) is 4.96. The first-order valence-corrected chi connectivity index (χ1v) is 6.30. The summed E-state index contributed by atoms with van der Waals surface area (Å²) in [6.07, 6.45) is 3.18. The summed E-state index contributed by atoms with van der Waals surface area (Å²) >= 11 is 0. The number of halogens is 1. The Labute approximate surface area is 114 Å². The number of ether oxygens (including phenoxy) is 1. The molecule has 0 saturated heterocycles. The van der Waals surface area contributed by atoms with Crippen LogP contribution in [0.25, 0.3) is 11.3 Å². The molecule has 1 saturated carbocycles. The zero-order valence-electron chi connectivity index (χ0n) is 10.5. The summed E-state index contributed by atoms with van der Waals surface area (Å²) in [5.74, 6) is -0.993. The maximum Gasteiger partial charge on any atom is 0.358 e. The highest BCUT2D eigenvalue weighted by Crippen LogP contribution is 2.34. The summed E-state index contributed by atoms with van der Waals surface area (Å²) in [7, 11) is 0. The summed E-state index contributed by atoms with van der Waals surface area (Å²) in [6.45, 7) is 0. The van der Waals surface area contributed by atoms with Crippen LogP contribution >= 0.6 is 0 Å². The van der Waals surface area contributed by atoms with Crippen molar-refractivity contribution in [1.82, 2.24) is 5.16 Å². The molecule has 1 N–H and O–H groups in total. The molecule has 1 heterocycles. The molecule has 3 rings (SSSR count). The first-order chi connectivity index (χ1) is 9.63. The molecule has 0 aliphatic heterocycles. The highest BCUT2D eigenvalue weighted by Gasteiger charge is 2.22. The molecule has 1 fully saturated rings. The van der Waals surface area contributed by atoms with Crippen molar-refractivity contribution >= 4 is 5.97 Å². The van der Waals surface area contributed by atoms with E-state index in [1.54, 1.807) is 0 Å². The topological polar surface area (TPSA) is 72.6 Å². The Morgan fingerprint density at radius 2 is 2.20 bits per heavy atom. The molecule has 1 aromatic heterocycles. The van der Waals surface area contributed by atoms with Crippen LogP contribution in [-0.4, -0.2) is 22.3 Å². The van der Waals surface area contributed by atoms with Gasteiger partial charge in [0.15, 0.2) is 11.5 Å². The van der Waals surface area contributed by atoms with Gasteiger partial charge in [-0.25, -0.2) is 9.18 Å². The first kappa shape index (κ1) is 12.7. The highest BCUT2D eigenvalue weighted by atomic mass is 19.1. The van der Waals surface area contributed by atoms with Crippen LogP contribution in [0, 0.1) is 5.82 Å². The third kappa shape index (κ3) is 2.36. The lowest BCUT2D eigenvalue weighted by molar-refractivity contribution is 0.0686. The molecule has 104 valence electrons. The van der Waals surface area contributed by atoms with E-state index in [-0.39, 0.29) is 17.6 Å². The summed E-state index contributed by atoms with van der Waals surface area (Å²) in [6, 6.07) is 5.32. The fourth-order valence-electron chi connectivity index (χ4n) is 1.97. The first-order valence-electron chi connectivity index (χ1n) is 6.30. The standard InChI is InChI=1S/C14H12FNO4/c15-8-4-5-12(19-9-2-1-3-9)10(6-8)13-7-11(14(17)18)16-20-13/h4-7,9H,1-3H2,(H,17,18). The summed E-state index contributed by atoms with van der Waals surface area (Å²) in [4.78, 5) is 10.8. The van der Waals surface area contributed by atoms with Crippen LogP contribution in [0.3, 0.4) is 0 Å². The highest BCUT2D eigenvalue weighted by molar-refractivity contribution is 5.86. The van der Waals surface area contributed by atoms with Crippen molar-refractivity contribution in [3.8, 4) is 17.1 Å². The van der Waals surface area contributed by atoms with Crippen molar-refractivity contribution in [3.63, 3.8) is 0 Å². The average Bonchev–Trinajstić information content (AvgIpc) is 2.84. The van der Waals surface area contributed by atoms with Crippen LogP contribution in [-0.2, 0) is 0 Å². The van der Waals surface area contributed by atoms with Gasteiger partial charge in [-0.05, 0) is 37.5 Å². The number of carboxylic acids is 1. The van der Waals surface area contributed by atoms with Gasteiger partial charge in [0, 0.05) is 6.07 Å². The number of carbonyl (C=O) groups is 1. The lowest BCUT2D eigenvalue weighted by Crippen LogP contribution is -2.24. The normalized spacial score (nSPS) is 14.8. The predicted octanol–water partition coefficient (Wildman–Crippen LogP) is 3.11. The van der Waals surface area contributed by atoms with Crippen molar-refractivity contribution in [3.05, 3.63) is 35.8 Å². The van der Waals surface area contributed by atoms with Gasteiger partial charge in [-0.15, -0.1) is 0 Å². The number of carboxylic acid groups (broad SMARTS) is 1. The molecule has 6 heteroatoms. The van der Waals surface area contributed by atoms with E-state index >= 15 is 0 Å². The maximum absolute atomic E-state index is 13.4. The minimum atomic E-state index is -1.20. The van der Waals surface area contributed by atoms with E-state index in [0.29, 0.717) is 11.3 Å². The molecular weight excluding hydrogens is 265 g/mol. The summed E-state index contributed by atoms with van der Waals surface area (Å²) in [5.41, 5.74) is 0.149. The van der Waals surface area contributed by atoms with Gasteiger partial charge in [0.25, 0.3) is 0 Å². The van der Waals surface area contributed by atoms with Gasteiger partial charge in [0.05, 0.1) is 11.7 Å². The van der Waals surface area contributed by atoms with Crippen molar-refractivity contribution < 1.29 is 23.6 Å². The number of benzene rings is 1. The Morgan fingerprint density at radius 3 is 2.80 bits per heavy atom. The zero-order valence-corrected chi connectivity index (χ0v) is 10.5. The van der Waals surface area contributed by atoms with Gasteiger partial charge in [0.2, 0.25) is 0 Å². The van der Waals surface area contributed by atoms with E-state index in [1.807, 2.05) is 0 Å². The van der Waals surface area contributed by atoms with Crippen molar-refractivity contribution in [2.45, 2.75) is 25.4 Å². The molecule has 5 nitrogen and oxygen atoms in total. The van der Waals surface area contributed by atoms with E-state index in [2.05, 4.69) is 5.16 Å². The Balaban J connectivity index is 1.96. The smallest absolute Gasteiger partial charge is 0.358 e. The van der Waals surface area contributed by atoms with Gasteiger partial charge in [-0.2, -0.15) is 0 Å². The Morgan fingerprint density at radius 1 is 1.40 bits per heavy atom. The second-order valence-corrected chi connectivity index (χ2v) is 4.69. The zero-order chi connectivity index (χ0) is 14.1.